The molecule has 0 radical (unpaired) electrons. The average Bonchev–Trinajstić information content (AvgIpc) is 2.70. The SMILES string of the molecule is Cc1ccc(COc2ccc(/C=N/NC(=O)Cc3ccc(F)cc3)cc2I)cc1. The van der Waals surface area contributed by atoms with Crippen LogP contribution in [0.1, 0.15) is 22.3 Å². The van der Waals surface area contributed by atoms with Crippen LogP contribution >= 0.6 is 22.6 Å². The molecule has 0 spiro atoms. The molecule has 3 aromatic carbocycles. The van der Waals surface area contributed by atoms with Crippen molar-refractivity contribution in [2.45, 2.75) is 20.0 Å². The van der Waals surface area contributed by atoms with Gasteiger partial charge in [-0.1, -0.05) is 42.0 Å². The molecule has 4 nitrogen and oxygen atoms in total. The Balaban J connectivity index is 1.51. The smallest absolute Gasteiger partial charge is 0.244 e. The second kappa shape index (κ2) is 10.2. The van der Waals surface area contributed by atoms with Crippen molar-refractivity contribution in [2.75, 3.05) is 0 Å². The Labute approximate surface area is 182 Å². The van der Waals surface area contributed by atoms with Crippen molar-refractivity contribution in [3.05, 3.63) is 98.4 Å². The van der Waals surface area contributed by atoms with Gasteiger partial charge in [0.15, 0.2) is 0 Å². The summed E-state index contributed by atoms with van der Waals surface area (Å²) in [6, 6.07) is 19.7. The molecular weight excluding hydrogens is 482 g/mol. The molecule has 0 aliphatic rings. The second-order valence-corrected chi connectivity index (χ2v) is 7.72. The minimum absolute atomic E-state index is 0.140. The van der Waals surface area contributed by atoms with Gasteiger partial charge in [-0.05, 0) is 76.5 Å². The summed E-state index contributed by atoms with van der Waals surface area (Å²) in [6.45, 7) is 2.56. The van der Waals surface area contributed by atoms with Crippen LogP contribution in [0.4, 0.5) is 4.39 Å². The van der Waals surface area contributed by atoms with Crippen LogP contribution in [0.3, 0.4) is 0 Å². The van der Waals surface area contributed by atoms with Gasteiger partial charge >= 0.3 is 0 Å². The Morgan fingerprint density at radius 1 is 1.07 bits per heavy atom. The maximum atomic E-state index is 12.9. The number of hydrogen-bond donors (Lipinski definition) is 1. The summed E-state index contributed by atoms with van der Waals surface area (Å²) in [5, 5.41) is 3.99. The van der Waals surface area contributed by atoms with E-state index >= 15 is 0 Å². The van der Waals surface area contributed by atoms with E-state index < -0.39 is 0 Å². The molecule has 1 amide bonds. The van der Waals surface area contributed by atoms with Crippen molar-refractivity contribution in [3.63, 3.8) is 0 Å². The van der Waals surface area contributed by atoms with Gasteiger partial charge in [-0.25, -0.2) is 9.82 Å². The molecule has 0 fully saturated rings. The monoisotopic (exact) mass is 502 g/mol. The molecule has 0 aliphatic heterocycles. The highest BCUT2D eigenvalue weighted by molar-refractivity contribution is 14.1. The van der Waals surface area contributed by atoms with Crippen molar-refractivity contribution in [1.82, 2.24) is 5.43 Å². The zero-order valence-electron chi connectivity index (χ0n) is 15.9. The van der Waals surface area contributed by atoms with Crippen LogP contribution in [0.5, 0.6) is 5.75 Å². The van der Waals surface area contributed by atoms with Crippen LogP contribution in [0.2, 0.25) is 0 Å². The van der Waals surface area contributed by atoms with E-state index in [1.807, 2.05) is 18.2 Å². The minimum atomic E-state index is -0.326. The Hall–Kier alpha value is -2.74. The van der Waals surface area contributed by atoms with Gasteiger partial charge in [0.25, 0.3) is 0 Å². The van der Waals surface area contributed by atoms with Gasteiger partial charge in [-0.3, -0.25) is 4.79 Å². The van der Waals surface area contributed by atoms with Crippen LogP contribution in [0.25, 0.3) is 0 Å². The molecule has 3 aromatic rings. The highest BCUT2D eigenvalue weighted by Gasteiger charge is 2.04. The maximum absolute atomic E-state index is 12.9. The van der Waals surface area contributed by atoms with Gasteiger partial charge in [0.1, 0.15) is 18.2 Å². The third-order valence-electron chi connectivity index (χ3n) is 4.15. The summed E-state index contributed by atoms with van der Waals surface area (Å²) in [5.41, 5.74) is 6.39. The first-order valence-electron chi connectivity index (χ1n) is 9.04. The molecule has 1 N–H and O–H groups in total. The molecule has 0 aliphatic carbocycles. The lowest BCUT2D eigenvalue weighted by Crippen LogP contribution is -2.19. The number of amides is 1. The Bertz CT molecular complexity index is 1000. The number of carbonyl (C=O) groups excluding carboxylic acids is 1. The number of hydrogen-bond acceptors (Lipinski definition) is 3. The van der Waals surface area contributed by atoms with E-state index in [0.717, 1.165) is 26.0 Å². The van der Waals surface area contributed by atoms with Crippen molar-refractivity contribution in [1.29, 1.82) is 0 Å². The zero-order valence-corrected chi connectivity index (χ0v) is 18.0. The fourth-order valence-corrected chi connectivity index (χ4v) is 3.26. The minimum Gasteiger partial charge on any atom is -0.488 e. The Morgan fingerprint density at radius 2 is 1.76 bits per heavy atom. The fraction of sp³-hybridized carbons (Fsp3) is 0.130. The van der Waals surface area contributed by atoms with Gasteiger partial charge in [0, 0.05) is 0 Å². The normalized spacial score (nSPS) is 10.9. The van der Waals surface area contributed by atoms with E-state index in [1.165, 1.54) is 17.7 Å². The van der Waals surface area contributed by atoms with Gasteiger partial charge < -0.3 is 4.74 Å². The molecular formula is C23H20FIN2O2. The number of rotatable bonds is 7. The predicted octanol–water partition coefficient (Wildman–Crippen LogP) is 5.01. The molecule has 29 heavy (non-hydrogen) atoms. The van der Waals surface area contributed by atoms with Gasteiger partial charge in [-0.2, -0.15) is 5.10 Å². The fourth-order valence-electron chi connectivity index (χ4n) is 2.57. The maximum Gasteiger partial charge on any atom is 0.244 e. The molecule has 0 saturated heterocycles. The first-order chi connectivity index (χ1) is 14.0. The molecule has 0 bridgehead atoms. The van der Waals surface area contributed by atoms with Gasteiger partial charge in [0.05, 0.1) is 16.2 Å². The number of hydrazone groups is 1. The van der Waals surface area contributed by atoms with E-state index in [9.17, 15) is 9.18 Å². The quantitative estimate of drug-likeness (QED) is 0.281. The molecule has 6 heteroatoms. The predicted molar refractivity (Wildman–Crippen MR) is 121 cm³/mol. The van der Waals surface area contributed by atoms with Crippen LogP contribution in [0.15, 0.2) is 71.8 Å². The summed E-state index contributed by atoms with van der Waals surface area (Å²) in [6.07, 6.45) is 1.72. The van der Waals surface area contributed by atoms with Crippen LogP contribution in [-0.4, -0.2) is 12.1 Å². The Kier molecular flexibility index (Phi) is 7.35. The van der Waals surface area contributed by atoms with E-state index in [4.69, 9.17) is 4.74 Å². The number of aryl methyl sites for hydroxylation is 1. The number of carbonyl (C=O) groups is 1. The lowest BCUT2D eigenvalue weighted by molar-refractivity contribution is -0.120. The molecule has 0 atom stereocenters. The number of halogens is 2. The van der Waals surface area contributed by atoms with E-state index in [0.29, 0.717) is 6.61 Å². The average molecular weight is 502 g/mol. The van der Waals surface area contributed by atoms with Gasteiger partial charge in [-0.15, -0.1) is 0 Å². The van der Waals surface area contributed by atoms with Crippen LogP contribution in [0, 0.1) is 16.3 Å². The van der Waals surface area contributed by atoms with Gasteiger partial charge in [0.2, 0.25) is 5.91 Å². The van der Waals surface area contributed by atoms with E-state index in [2.05, 4.69) is 64.3 Å². The number of benzene rings is 3. The molecule has 0 unspecified atom stereocenters. The highest BCUT2D eigenvalue weighted by Crippen LogP contribution is 2.22. The molecule has 3 rings (SSSR count). The van der Waals surface area contributed by atoms with Crippen molar-refractivity contribution >= 4 is 34.7 Å². The first kappa shape index (κ1) is 21.0. The molecule has 0 saturated carbocycles. The Morgan fingerprint density at radius 3 is 2.45 bits per heavy atom. The van der Waals surface area contributed by atoms with Crippen LogP contribution in [-0.2, 0) is 17.8 Å². The zero-order chi connectivity index (χ0) is 20.6. The van der Waals surface area contributed by atoms with E-state index in [-0.39, 0.29) is 18.1 Å². The largest absolute Gasteiger partial charge is 0.488 e. The summed E-state index contributed by atoms with van der Waals surface area (Å²) < 4.78 is 19.7. The summed E-state index contributed by atoms with van der Waals surface area (Å²) in [4.78, 5) is 11.9. The molecule has 0 aromatic heterocycles. The topological polar surface area (TPSA) is 50.7 Å². The summed E-state index contributed by atoms with van der Waals surface area (Å²) in [7, 11) is 0. The lowest BCUT2D eigenvalue weighted by Gasteiger charge is -2.09. The number of nitrogens with zero attached hydrogens (tertiary/aromatic N) is 1. The van der Waals surface area contributed by atoms with Crippen LogP contribution < -0.4 is 10.2 Å². The second-order valence-electron chi connectivity index (χ2n) is 6.56. The third-order valence-corrected chi connectivity index (χ3v) is 4.99. The van der Waals surface area contributed by atoms with Crippen molar-refractivity contribution in [3.8, 4) is 5.75 Å². The summed E-state index contributed by atoms with van der Waals surface area (Å²) >= 11 is 2.21. The number of ether oxygens (including phenoxy) is 1. The van der Waals surface area contributed by atoms with Crippen molar-refractivity contribution in [2.24, 2.45) is 5.10 Å². The number of nitrogens with one attached hydrogen (secondary N) is 1. The first-order valence-corrected chi connectivity index (χ1v) is 10.1. The standard InChI is InChI=1S/C23H20FIN2O2/c1-16-2-4-18(5-3-16)15-29-22-11-8-19(12-21(22)25)14-26-27-23(28)13-17-6-9-20(24)10-7-17/h2-12,14H,13,15H2,1H3,(H,27,28)/b26-14+. The molecule has 0 heterocycles. The highest BCUT2D eigenvalue weighted by atomic mass is 127. The molecule has 148 valence electrons. The lowest BCUT2D eigenvalue weighted by atomic mass is 10.1. The van der Waals surface area contributed by atoms with Crippen molar-refractivity contribution < 1.29 is 13.9 Å². The van der Waals surface area contributed by atoms with E-state index in [1.54, 1.807) is 18.3 Å². The summed E-state index contributed by atoms with van der Waals surface area (Å²) in [5.74, 6) is 0.206. The third kappa shape index (κ3) is 6.67.